The third-order valence-electron chi connectivity index (χ3n) is 5.98. The summed E-state index contributed by atoms with van der Waals surface area (Å²) in [7, 11) is 2.71. The van der Waals surface area contributed by atoms with Crippen LogP contribution < -0.4 is 14.4 Å². The number of halogens is 3. The van der Waals surface area contributed by atoms with Gasteiger partial charge in [-0.1, -0.05) is 6.07 Å². The van der Waals surface area contributed by atoms with Gasteiger partial charge in [0, 0.05) is 35.0 Å². The first-order valence-corrected chi connectivity index (χ1v) is 10.9. The Hall–Kier alpha value is -4.87. The summed E-state index contributed by atoms with van der Waals surface area (Å²) in [5.74, 6) is -2.53. The van der Waals surface area contributed by atoms with E-state index in [1.165, 1.54) is 50.6 Å². The normalized spacial score (nSPS) is 17.0. The van der Waals surface area contributed by atoms with Crippen molar-refractivity contribution in [1.82, 2.24) is 0 Å². The van der Waals surface area contributed by atoms with E-state index in [2.05, 4.69) is 0 Å². The van der Waals surface area contributed by atoms with E-state index in [4.69, 9.17) is 9.47 Å². The molecule has 0 spiro atoms. The number of Topliss-reactive ketones (excluding diaryl/α,β-unsaturated/α-hetero) is 1. The Kier molecular flexibility index (Phi) is 6.81. The van der Waals surface area contributed by atoms with Crippen molar-refractivity contribution < 1.29 is 42.3 Å². The second-order valence-corrected chi connectivity index (χ2v) is 8.13. The van der Waals surface area contributed by atoms with Gasteiger partial charge in [0.05, 0.1) is 36.3 Å². The number of non-ortho nitro benzene ring substituents is 1. The summed E-state index contributed by atoms with van der Waals surface area (Å²) in [4.78, 5) is 37.7. The maximum absolute atomic E-state index is 13.5. The van der Waals surface area contributed by atoms with Crippen LogP contribution in [0.5, 0.6) is 11.5 Å². The number of aliphatic hydroxyl groups is 1. The summed E-state index contributed by atoms with van der Waals surface area (Å²) in [5.41, 5.74) is -1.85. The maximum atomic E-state index is 13.5. The number of benzene rings is 3. The van der Waals surface area contributed by atoms with Crippen molar-refractivity contribution in [1.29, 1.82) is 0 Å². The molecule has 1 atom stereocenters. The van der Waals surface area contributed by atoms with E-state index in [0.29, 0.717) is 5.75 Å². The van der Waals surface area contributed by atoms with Gasteiger partial charge in [-0.05, 0) is 42.5 Å². The Bertz CT molecular complexity index is 1470. The molecule has 1 aliphatic rings. The monoisotopic (exact) mass is 528 g/mol. The molecule has 0 aliphatic carbocycles. The second kappa shape index (κ2) is 9.88. The molecule has 196 valence electrons. The molecule has 0 bridgehead atoms. The average molecular weight is 528 g/mol. The van der Waals surface area contributed by atoms with Gasteiger partial charge in [0.2, 0.25) is 0 Å². The topological polar surface area (TPSA) is 119 Å². The van der Waals surface area contributed by atoms with Crippen LogP contribution in [-0.2, 0) is 15.8 Å². The molecule has 3 aromatic rings. The van der Waals surface area contributed by atoms with Crippen molar-refractivity contribution in [2.45, 2.75) is 12.2 Å². The maximum Gasteiger partial charge on any atom is 0.416 e. The SMILES string of the molecule is COc1ccc([C@@H]2C(=C(O)c3ccc([N+](=O)[O-])cc3)C(=O)C(=O)N2c2cccc(C(F)(F)F)c2)c(OC)c1. The van der Waals surface area contributed by atoms with Crippen LogP contribution in [0.2, 0.25) is 0 Å². The van der Waals surface area contributed by atoms with Crippen LogP contribution >= 0.6 is 0 Å². The van der Waals surface area contributed by atoms with Gasteiger partial charge in [-0.2, -0.15) is 13.2 Å². The smallest absolute Gasteiger partial charge is 0.416 e. The Morgan fingerprint density at radius 2 is 1.68 bits per heavy atom. The van der Waals surface area contributed by atoms with E-state index in [1.807, 2.05) is 0 Å². The van der Waals surface area contributed by atoms with Crippen molar-refractivity contribution >= 4 is 28.8 Å². The molecule has 1 heterocycles. The standard InChI is InChI=1S/C26H19F3N2O7/c1-37-18-10-11-19(20(13-18)38-2)22-21(23(32)14-6-8-16(9-7-14)31(35)36)24(33)25(34)30(22)17-5-3-4-15(12-17)26(27,28)29/h3-13,22,32H,1-2H3/t22-/m1/s1. The summed E-state index contributed by atoms with van der Waals surface area (Å²) in [5, 5.41) is 22.2. The fourth-order valence-corrected chi connectivity index (χ4v) is 4.17. The first-order valence-electron chi connectivity index (χ1n) is 10.9. The Balaban J connectivity index is 1.98. The summed E-state index contributed by atoms with van der Waals surface area (Å²) >= 11 is 0. The Morgan fingerprint density at radius 3 is 2.26 bits per heavy atom. The highest BCUT2D eigenvalue weighted by atomic mass is 19.4. The minimum Gasteiger partial charge on any atom is -0.507 e. The van der Waals surface area contributed by atoms with E-state index in [9.17, 15) is 38.0 Å². The molecule has 1 saturated heterocycles. The molecule has 0 saturated carbocycles. The number of aliphatic hydroxyl groups excluding tert-OH is 1. The highest BCUT2D eigenvalue weighted by Crippen LogP contribution is 2.46. The quantitative estimate of drug-likeness (QED) is 0.152. The van der Waals surface area contributed by atoms with Crippen LogP contribution in [0.25, 0.3) is 5.76 Å². The molecule has 9 nitrogen and oxygen atoms in total. The highest BCUT2D eigenvalue weighted by molar-refractivity contribution is 6.51. The number of nitro groups is 1. The zero-order chi connectivity index (χ0) is 27.8. The van der Waals surface area contributed by atoms with Gasteiger partial charge < -0.3 is 14.6 Å². The molecule has 0 unspecified atom stereocenters. The van der Waals surface area contributed by atoms with Crippen LogP contribution in [-0.4, -0.2) is 35.9 Å². The number of methoxy groups -OCH3 is 2. The van der Waals surface area contributed by atoms with Gasteiger partial charge in [-0.25, -0.2) is 0 Å². The minimum absolute atomic E-state index is 0.0184. The zero-order valence-corrected chi connectivity index (χ0v) is 19.9. The molecule has 3 aromatic carbocycles. The zero-order valence-electron chi connectivity index (χ0n) is 19.9. The van der Waals surface area contributed by atoms with Crippen molar-refractivity contribution in [3.05, 3.63) is 99.1 Å². The second-order valence-electron chi connectivity index (χ2n) is 8.13. The number of ether oxygens (including phenoxy) is 2. The van der Waals surface area contributed by atoms with Gasteiger partial charge in [-0.3, -0.25) is 24.6 Å². The van der Waals surface area contributed by atoms with Gasteiger partial charge in [0.25, 0.3) is 17.4 Å². The van der Waals surface area contributed by atoms with Crippen molar-refractivity contribution in [2.75, 3.05) is 19.1 Å². The first kappa shape index (κ1) is 26.2. The number of carbonyl (C=O) groups is 2. The van der Waals surface area contributed by atoms with E-state index < -0.39 is 45.7 Å². The van der Waals surface area contributed by atoms with Crippen LogP contribution in [0.15, 0.2) is 72.3 Å². The number of rotatable bonds is 6. The first-order chi connectivity index (χ1) is 18.0. The molecule has 12 heteroatoms. The molecule has 0 aromatic heterocycles. The number of ketones is 1. The summed E-state index contributed by atoms with van der Waals surface area (Å²) in [6.07, 6.45) is -4.73. The van der Waals surface area contributed by atoms with Crippen molar-refractivity contribution in [3.63, 3.8) is 0 Å². The lowest BCUT2D eigenvalue weighted by Crippen LogP contribution is -2.30. The number of carbonyl (C=O) groups excluding carboxylic acids is 2. The van der Waals surface area contributed by atoms with Gasteiger partial charge >= 0.3 is 6.18 Å². The summed E-state index contributed by atoms with van der Waals surface area (Å²) in [6.45, 7) is 0. The number of nitrogens with zero attached hydrogens (tertiary/aromatic N) is 2. The third kappa shape index (κ3) is 4.63. The van der Waals surface area contributed by atoms with E-state index >= 15 is 0 Å². The van der Waals surface area contributed by atoms with Crippen molar-refractivity contribution in [3.8, 4) is 11.5 Å². The molecule has 1 N–H and O–H groups in total. The van der Waals surface area contributed by atoms with E-state index in [1.54, 1.807) is 0 Å². The Morgan fingerprint density at radius 1 is 1.00 bits per heavy atom. The highest BCUT2D eigenvalue weighted by Gasteiger charge is 2.48. The number of anilines is 1. The lowest BCUT2D eigenvalue weighted by Gasteiger charge is -2.27. The molecule has 0 radical (unpaired) electrons. The van der Waals surface area contributed by atoms with Crippen LogP contribution in [0.1, 0.15) is 22.7 Å². The van der Waals surface area contributed by atoms with Gasteiger partial charge in [0.15, 0.2) is 0 Å². The number of nitro benzene ring substituents is 1. The number of alkyl halides is 3. The molecular formula is C26H19F3N2O7. The molecule has 38 heavy (non-hydrogen) atoms. The van der Waals surface area contributed by atoms with Crippen LogP contribution in [0.3, 0.4) is 0 Å². The average Bonchev–Trinajstić information content (AvgIpc) is 3.17. The fraction of sp³-hybridized carbons (Fsp3) is 0.154. The summed E-state index contributed by atoms with van der Waals surface area (Å²) in [6, 6.07) is 11.4. The minimum atomic E-state index is -4.73. The number of amides is 1. The van der Waals surface area contributed by atoms with Crippen LogP contribution in [0.4, 0.5) is 24.5 Å². The van der Waals surface area contributed by atoms with Gasteiger partial charge in [-0.15, -0.1) is 0 Å². The predicted molar refractivity (Wildman–Crippen MR) is 129 cm³/mol. The number of hydrogen-bond acceptors (Lipinski definition) is 7. The predicted octanol–water partition coefficient (Wildman–Crippen LogP) is 5.26. The van der Waals surface area contributed by atoms with Crippen LogP contribution in [0, 0.1) is 10.1 Å². The lowest BCUT2D eigenvalue weighted by molar-refractivity contribution is -0.384. The van der Waals surface area contributed by atoms with E-state index in [-0.39, 0.29) is 28.3 Å². The molecule has 1 fully saturated rings. The molecular weight excluding hydrogens is 509 g/mol. The molecule has 1 aliphatic heterocycles. The van der Waals surface area contributed by atoms with E-state index in [0.717, 1.165) is 35.2 Å². The number of hydrogen-bond donors (Lipinski definition) is 1. The van der Waals surface area contributed by atoms with Crippen molar-refractivity contribution in [2.24, 2.45) is 0 Å². The lowest BCUT2D eigenvalue weighted by atomic mass is 9.94. The summed E-state index contributed by atoms with van der Waals surface area (Å²) < 4.78 is 51.0. The largest absolute Gasteiger partial charge is 0.507 e. The van der Waals surface area contributed by atoms with Gasteiger partial charge in [0.1, 0.15) is 17.3 Å². The fourth-order valence-electron chi connectivity index (χ4n) is 4.17. The third-order valence-corrected chi connectivity index (χ3v) is 5.98. The molecule has 1 amide bonds. The molecule has 4 rings (SSSR count). The Labute approximate surface area is 213 Å².